The second-order valence-electron chi connectivity index (χ2n) is 3.68. The molecule has 7 heteroatoms. The first kappa shape index (κ1) is 13.9. The lowest BCUT2D eigenvalue weighted by Crippen LogP contribution is -2.51. The minimum atomic E-state index is -1.42. The van der Waals surface area contributed by atoms with Gasteiger partial charge in [-0.05, 0) is 12.1 Å². The highest BCUT2D eigenvalue weighted by molar-refractivity contribution is 5.72. The van der Waals surface area contributed by atoms with Crippen LogP contribution in [0.5, 0.6) is 5.75 Å². The fraction of sp³-hybridized carbons (Fsp3) is 0.273. The van der Waals surface area contributed by atoms with Crippen molar-refractivity contribution in [2.24, 2.45) is 5.73 Å². The van der Waals surface area contributed by atoms with Crippen LogP contribution in [0.25, 0.3) is 0 Å². The second-order valence-corrected chi connectivity index (χ2v) is 3.68. The van der Waals surface area contributed by atoms with E-state index in [1.165, 1.54) is 31.2 Å². The maximum absolute atomic E-state index is 10.9. The summed E-state index contributed by atoms with van der Waals surface area (Å²) in [6.45, 7) is 1.30. The smallest absolute Gasteiger partial charge is 0.230 e. The third-order valence-electron chi connectivity index (χ3n) is 2.25. The number of nitrogens with two attached hydrogens (primary N) is 1. The van der Waals surface area contributed by atoms with E-state index >= 15 is 0 Å². The molecule has 0 aromatic heterocycles. The van der Waals surface area contributed by atoms with Crippen LogP contribution >= 0.6 is 0 Å². The number of hydroxylamine groups is 1. The zero-order valence-electron chi connectivity index (χ0n) is 9.84. The summed E-state index contributed by atoms with van der Waals surface area (Å²) in [5.74, 6) is -0.206. The normalized spacial score (nSPS) is 13.4. The van der Waals surface area contributed by atoms with Crippen LogP contribution in [-0.4, -0.2) is 24.0 Å². The minimum absolute atomic E-state index is 0.0338. The highest BCUT2D eigenvalue weighted by Crippen LogP contribution is 2.20. The molecule has 2 amide bonds. The summed E-state index contributed by atoms with van der Waals surface area (Å²) in [6.07, 6.45) is 0.329. The Balaban J connectivity index is 2.90. The van der Waals surface area contributed by atoms with Gasteiger partial charge < -0.3 is 10.4 Å². The summed E-state index contributed by atoms with van der Waals surface area (Å²) >= 11 is 0. The zero-order valence-corrected chi connectivity index (χ0v) is 9.84. The van der Waals surface area contributed by atoms with Crippen molar-refractivity contribution in [2.45, 2.75) is 12.6 Å². The summed E-state index contributed by atoms with van der Waals surface area (Å²) in [7, 11) is 0. The third-order valence-corrected chi connectivity index (χ3v) is 2.25. The predicted octanol–water partition coefficient (Wildman–Crippen LogP) is -0.683. The summed E-state index contributed by atoms with van der Waals surface area (Å²) in [4.78, 5) is 26.2. The van der Waals surface area contributed by atoms with Crippen molar-refractivity contribution in [1.29, 1.82) is 0 Å². The minimum Gasteiger partial charge on any atom is -0.508 e. The molecule has 7 nitrogen and oxygen atoms in total. The molecule has 0 spiro atoms. The molecule has 1 aromatic rings. The van der Waals surface area contributed by atoms with Gasteiger partial charge in [-0.25, -0.2) is 10.3 Å². The highest BCUT2D eigenvalue weighted by Gasteiger charge is 2.29. The van der Waals surface area contributed by atoms with E-state index in [0.717, 1.165) is 0 Å². The van der Waals surface area contributed by atoms with Gasteiger partial charge in [0.15, 0.2) is 5.72 Å². The van der Waals surface area contributed by atoms with E-state index in [1.54, 1.807) is 0 Å². The van der Waals surface area contributed by atoms with Crippen LogP contribution in [0.4, 0.5) is 0 Å². The summed E-state index contributed by atoms with van der Waals surface area (Å²) in [5, 5.41) is 11.7. The van der Waals surface area contributed by atoms with Gasteiger partial charge in [0.25, 0.3) is 0 Å². The molecule has 1 rings (SSSR count). The van der Waals surface area contributed by atoms with Gasteiger partial charge in [-0.1, -0.05) is 12.1 Å². The molecule has 0 aliphatic heterocycles. The number of hydrogen-bond donors (Lipinski definition) is 4. The van der Waals surface area contributed by atoms with Crippen molar-refractivity contribution in [1.82, 2.24) is 10.8 Å². The van der Waals surface area contributed by atoms with Gasteiger partial charge in [-0.2, -0.15) is 0 Å². The van der Waals surface area contributed by atoms with Crippen molar-refractivity contribution in [2.75, 3.05) is 6.54 Å². The molecule has 0 heterocycles. The fourth-order valence-corrected chi connectivity index (χ4v) is 1.33. The number of phenols is 1. The first-order valence-electron chi connectivity index (χ1n) is 5.18. The van der Waals surface area contributed by atoms with E-state index in [9.17, 15) is 14.7 Å². The lowest BCUT2D eigenvalue weighted by atomic mass is 10.0. The Morgan fingerprint density at radius 3 is 2.61 bits per heavy atom. The molecule has 0 aliphatic rings. The molecule has 5 N–H and O–H groups in total. The van der Waals surface area contributed by atoms with Crippen molar-refractivity contribution in [3.63, 3.8) is 0 Å². The first-order chi connectivity index (χ1) is 8.48. The van der Waals surface area contributed by atoms with Crippen LogP contribution in [-0.2, 0) is 20.2 Å². The van der Waals surface area contributed by atoms with Gasteiger partial charge in [-0.15, -0.1) is 0 Å². The Hall–Kier alpha value is -2.12. The molecular weight excluding hydrogens is 238 g/mol. The van der Waals surface area contributed by atoms with Crippen LogP contribution in [0.3, 0.4) is 0 Å². The molecule has 0 aliphatic carbocycles. The largest absolute Gasteiger partial charge is 0.508 e. The highest BCUT2D eigenvalue weighted by atomic mass is 16.7. The monoisotopic (exact) mass is 253 g/mol. The summed E-state index contributed by atoms with van der Waals surface area (Å²) in [5.41, 5.74) is 7.04. The lowest BCUT2D eigenvalue weighted by molar-refractivity contribution is -0.143. The topological polar surface area (TPSA) is 114 Å². The van der Waals surface area contributed by atoms with Gasteiger partial charge in [0.05, 0.1) is 6.54 Å². The van der Waals surface area contributed by atoms with Gasteiger partial charge in [0, 0.05) is 12.5 Å². The van der Waals surface area contributed by atoms with E-state index in [-0.39, 0.29) is 18.2 Å². The second kappa shape index (κ2) is 5.99. The predicted molar refractivity (Wildman–Crippen MR) is 62.9 cm³/mol. The van der Waals surface area contributed by atoms with E-state index in [0.29, 0.717) is 12.0 Å². The molecular formula is C11H15N3O4. The van der Waals surface area contributed by atoms with Gasteiger partial charge in [-0.3, -0.25) is 15.3 Å². The Bertz CT molecular complexity index is 421. The summed E-state index contributed by atoms with van der Waals surface area (Å²) in [6, 6.07) is 5.91. The molecule has 0 saturated carbocycles. The molecule has 0 radical (unpaired) electrons. The molecule has 98 valence electrons. The van der Waals surface area contributed by atoms with E-state index in [4.69, 9.17) is 10.6 Å². The number of amides is 2. The quantitative estimate of drug-likeness (QED) is 0.304. The van der Waals surface area contributed by atoms with Gasteiger partial charge in [0.1, 0.15) is 5.75 Å². The SMILES string of the molecule is CC(=O)NCC(N)(ONC=O)c1ccc(O)cc1. The number of nitrogens with one attached hydrogen (secondary N) is 2. The number of hydrogen-bond acceptors (Lipinski definition) is 5. The molecule has 1 atom stereocenters. The van der Waals surface area contributed by atoms with Crippen LogP contribution in [0.2, 0.25) is 0 Å². The third kappa shape index (κ3) is 3.72. The maximum Gasteiger partial charge on any atom is 0.230 e. The van der Waals surface area contributed by atoms with Gasteiger partial charge in [0.2, 0.25) is 12.3 Å². The number of carbonyl (C=O) groups is 2. The molecule has 0 saturated heterocycles. The molecule has 0 fully saturated rings. The van der Waals surface area contributed by atoms with Crippen LogP contribution in [0, 0.1) is 0 Å². The van der Waals surface area contributed by atoms with E-state index in [1.807, 2.05) is 5.48 Å². The van der Waals surface area contributed by atoms with E-state index < -0.39 is 5.72 Å². The van der Waals surface area contributed by atoms with E-state index in [2.05, 4.69) is 5.32 Å². The number of aromatic hydroxyl groups is 1. The standard InChI is InChI=1S/C11H15N3O4/c1-8(16)13-6-11(12,18-14-7-15)9-2-4-10(17)5-3-9/h2-5,7,17H,6,12H2,1H3,(H,13,16)(H,14,15). The van der Waals surface area contributed by atoms with Crippen molar-refractivity contribution in [3.05, 3.63) is 29.8 Å². The fourth-order valence-electron chi connectivity index (χ4n) is 1.33. The maximum atomic E-state index is 10.9. The molecule has 1 unspecified atom stereocenters. The first-order valence-corrected chi connectivity index (χ1v) is 5.18. The Kier molecular flexibility index (Phi) is 4.64. The van der Waals surface area contributed by atoms with Crippen molar-refractivity contribution < 1.29 is 19.5 Å². The van der Waals surface area contributed by atoms with Gasteiger partial charge >= 0.3 is 0 Å². The Morgan fingerprint density at radius 2 is 2.11 bits per heavy atom. The molecule has 0 bridgehead atoms. The average molecular weight is 253 g/mol. The Morgan fingerprint density at radius 1 is 1.50 bits per heavy atom. The van der Waals surface area contributed by atoms with Crippen LogP contribution in [0.1, 0.15) is 12.5 Å². The van der Waals surface area contributed by atoms with Crippen molar-refractivity contribution >= 4 is 12.3 Å². The van der Waals surface area contributed by atoms with Crippen LogP contribution < -0.4 is 16.5 Å². The van der Waals surface area contributed by atoms with Crippen molar-refractivity contribution in [3.8, 4) is 5.75 Å². The van der Waals surface area contributed by atoms with Crippen LogP contribution in [0.15, 0.2) is 24.3 Å². The average Bonchev–Trinajstić information content (AvgIpc) is 2.35. The molecule has 1 aromatic carbocycles. The number of carbonyl (C=O) groups excluding carboxylic acids is 2. The number of rotatable bonds is 6. The molecule has 18 heavy (non-hydrogen) atoms. The number of benzene rings is 1. The number of phenolic OH excluding ortho intramolecular Hbond substituents is 1. The zero-order chi connectivity index (χ0) is 13.6. The lowest BCUT2D eigenvalue weighted by Gasteiger charge is -2.28. The summed E-state index contributed by atoms with van der Waals surface area (Å²) < 4.78 is 0. The Labute approximate surface area is 104 Å².